The van der Waals surface area contributed by atoms with Crippen LogP contribution in [-0.2, 0) is 14.3 Å². The number of hydrogen-bond acceptors (Lipinski definition) is 4. The molecule has 2 rings (SSSR count). The van der Waals surface area contributed by atoms with Crippen molar-refractivity contribution in [3.05, 3.63) is 57.5 Å². The molecule has 0 aromatic heterocycles. The number of halogens is 2. The van der Waals surface area contributed by atoms with E-state index in [1.165, 1.54) is 0 Å². The fourth-order valence-electron chi connectivity index (χ4n) is 1.84. The molecule has 0 bridgehead atoms. The van der Waals surface area contributed by atoms with Crippen LogP contribution in [0.5, 0.6) is 5.75 Å². The highest BCUT2D eigenvalue weighted by molar-refractivity contribution is 9.10. The van der Waals surface area contributed by atoms with Gasteiger partial charge in [-0.1, -0.05) is 33.6 Å². The lowest BCUT2D eigenvalue weighted by atomic mass is 10.2. The summed E-state index contributed by atoms with van der Waals surface area (Å²) in [6, 6.07) is 12.1. The number of rotatable bonds is 6. The Morgan fingerprint density at radius 2 is 1.96 bits per heavy atom. The SMILES string of the molecule is Cc1cc(Br)ccc1NC(=O)COC(=O)COc1cccc(Cl)c1. The van der Waals surface area contributed by atoms with Gasteiger partial charge in [0.2, 0.25) is 0 Å². The predicted molar refractivity (Wildman–Crippen MR) is 95.4 cm³/mol. The van der Waals surface area contributed by atoms with Crippen LogP contribution < -0.4 is 10.1 Å². The van der Waals surface area contributed by atoms with Crippen molar-refractivity contribution >= 4 is 45.1 Å². The van der Waals surface area contributed by atoms with Gasteiger partial charge >= 0.3 is 5.97 Å². The van der Waals surface area contributed by atoms with Crippen molar-refractivity contribution in [2.45, 2.75) is 6.92 Å². The molecule has 24 heavy (non-hydrogen) atoms. The average molecular weight is 413 g/mol. The van der Waals surface area contributed by atoms with E-state index >= 15 is 0 Å². The molecular formula is C17H15BrClNO4. The second-order valence-corrected chi connectivity index (χ2v) is 6.27. The number of nitrogens with one attached hydrogen (secondary N) is 1. The van der Waals surface area contributed by atoms with E-state index in [9.17, 15) is 9.59 Å². The molecule has 0 heterocycles. The molecule has 0 unspecified atom stereocenters. The molecule has 5 nitrogen and oxygen atoms in total. The third kappa shape index (κ3) is 5.86. The highest BCUT2D eigenvalue weighted by Crippen LogP contribution is 2.20. The number of carbonyl (C=O) groups excluding carboxylic acids is 2. The van der Waals surface area contributed by atoms with Gasteiger partial charge in [-0.05, 0) is 48.9 Å². The van der Waals surface area contributed by atoms with E-state index in [0.717, 1.165) is 10.0 Å². The average Bonchev–Trinajstić information content (AvgIpc) is 2.54. The van der Waals surface area contributed by atoms with Crippen LogP contribution in [0.2, 0.25) is 5.02 Å². The van der Waals surface area contributed by atoms with Crippen LogP contribution in [0.25, 0.3) is 0 Å². The van der Waals surface area contributed by atoms with E-state index in [1.807, 2.05) is 19.1 Å². The van der Waals surface area contributed by atoms with Gasteiger partial charge < -0.3 is 14.8 Å². The number of carbonyl (C=O) groups is 2. The molecule has 126 valence electrons. The fourth-order valence-corrected chi connectivity index (χ4v) is 2.50. The number of ether oxygens (including phenoxy) is 2. The van der Waals surface area contributed by atoms with Crippen molar-refractivity contribution in [2.24, 2.45) is 0 Å². The summed E-state index contributed by atoms with van der Waals surface area (Å²) in [5.41, 5.74) is 1.56. The third-order valence-electron chi connectivity index (χ3n) is 2.98. The maximum Gasteiger partial charge on any atom is 0.344 e. The Labute approximate surface area is 153 Å². The summed E-state index contributed by atoms with van der Waals surface area (Å²) in [4.78, 5) is 23.4. The largest absolute Gasteiger partial charge is 0.482 e. The molecule has 0 atom stereocenters. The lowest BCUT2D eigenvalue weighted by Crippen LogP contribution is -2.24. The zero-order chi connectivity index (χ0) is 17.5. The number of aryl methyl sites for hydroxylation is 1. The molecule has 0 fully saturated rings. The third-order valence-corrected chi connectivity index (χ3v) is 3.71. The summed E-state index contributed by atoms with van der Waals surface area (Å²) in [6.07, 6.45) is 0. The minimum absolute atomic E-state index is 0.301. The van der Waals surface area contributed by atoms with E-state index in [4.69, 9.17) is 21.1 Å². The Morgan fingerprint density at radius 3 is 2.67 bits per heavy atom. The lowest BCUT2D eigenvalue weighted by molar-refractivity contribution is -0.149. The van der Waals surface area contributed by atoms with Crippen LogP contribution in [0.1, 0.15) is 5.56 Å². The molecule has 0 radical (unpaired) electrons. The van der Waals surface area contributed by atoms with Gasteiger partial charge in [0, 0.05) is 15.2 Å². The summed E-state index contributed by atoms with van der Waals surface area (Å²) >= 11 is 9.16. The second kappa shape index (κ2) is 8.70. The highest BCUT2D eigenvalue weighted by atomic mass is 79.9. The van der Waals surface area contributed by atoms with Crippen LogP contribution in [0.3, 0.4) is 0 Å². The summed E-state index contributed by atoms with van der Waals surface area (Å²) in [5, 5.41) is 3.18. The Kier molecular flexibility index (Phi) is 6.63. The number of anilines is 1. The van der Waals surface area contributed by atoms with Gasteiger partial charge in [0.25, 0.3) is 5.91 Å². The first-order valence-corrected chi connectivity index (χ1v) is 8.21. The van der Waals surface area contributed by atoms with Crippen LogP contribution in [0, 0.1) is 6.92 Å². The van der Waals surface area contributed by atoms with E-state index < -0.39 is 11.9 Å². The van der Waals surface area contributed by atoms with Gasteiger partial charge in [-0.3, -0.25) is 4.79 Å². The van der Waals surface area contributed by atoms with E-state index in [2.05, 4.69) is 21.2 Å². The molecular weight excluding hydrogens is 398 g/mol. The molecule has 1 amide bonds. The van der Waals surface area contributed by atoms with Crippen LogP contribution in [0.15, 0.2) is 46.9 Å². The van der Waals surface area contributed by atoms with Gasteiger partial charge in [0.05, 0.1) is 0 Å². The van der Waals surface area contributed by atoms with E-state index in [1.54, 1.807) is 30.3 Å². The first-order chi connectivity index (χ1) is 11.4. The monoisotopic (exact) mass is 411 g/mol. The number of amides is 1. The minimum atomic E-state index is -0.641. The number of benzene rings is 2. The van der Waals surface area contributed by atoms with Crippen LogP contribution >= 0.6 is 27.5 Å². The normalized spacial score (nSPS) is 10.1. The zero-order valence-corrected chi connectivity index (χ0v) is 15.2. The first-order valence-electron chi connectivity index (χ1n) is 7.04. The molecule has 2 aromatic carbocycles. The quantitative estimate of drug-likeness (QED) is 0.729. The maximum absolute atomic E-state index is 11.8. The molecule has 0 aliphatic heterocycles. The standard InChI is InChI=1S/C17H15BrClNO4/c1-11-7-12(18)5-6-15(11)20-16(21)9-24-17(22)10-23-14-4-2-3-13(19)8-14/h2-8H,9-10H2,1H3,(H,20,21). The minimum Gasteiger partial charge on any atom is -0.482 e. The summed E-state index contributed by atoms with van der Waals surface area (Å²) in [6.45, 7) is 1.18. The fraction of sp³-hybridized carbons (Fsp3) is 0.176. The lowest BCUT2D eigenvalue weighted by Gasteiger charge is -2.10. The molecule has 0 saturated heterocycles. The summed E-state index contributed by atoms with van der Waals surface area (Å²) in [7, 11) is 0. The molecule has 2 aromatic rings. The second-order valence-electron chi connectivity index (χ2n) is 4.91. The van der Waals surface area contributed by atoms with Crippen LogP contribution in [0.4, 0.5) is 5.69 Å². The highest BCUT2D eigenvalue weighted by Gasteiger charge is 2.10. The van der Waals surface area contributed by atoms with E-state index in [0.29, 0.717) is 16.5 Å². The van der Waals surface area contributed by atoms with Gasteiger partial charge in [0.1, 0.15) is 5.75 Å². The molecule has 7 heteroatoms. The number of hydrogen-bond donors (Lipinski definition) is 1. The van der Waals surface area contributed by atoms with Crippen molar-refractivity contribution in [1.82, 2.24) is 0 Å². The molecule has 0 aliphatic carbocycles. The first kappa shape index (κ1) is 18.3. The van der Waals surface area contributed by atoms with E-state index in [-0.39, 0.29) is 13.2 Å². The molecule has 1 N–H and O–H groups in total. The van der Waals surface area contributed by atoms with Crippen molar-refractivity contribution in [3.63, 3.8) is 0 Å². The Hall–Kier alpha value is -2.05. The molecule has 0 spiro atoms. The maximum atomic E-state index is 11.8. The topological polar surface area (TPSA) is 64.6 Å². The van der Waals surface area contributed by atoms with Crippen molar-refractivity contribution in [1.29, 1.82) is 0 Å². The van der Waals surface area contributed by atoms with Gasteiger partial charge in [-0.25, -0.2) is 4.79 Å². The van der Waals surface area contributed by atoms with Gasteiger partial charge in [0.15, 0.2) is 13.2 Å². The summed E-state index contributed by atoms with van der Waals surface area (Å²) < 4.78 is 11.0. The van der Waals surface area contributed by atoms with Gasteiger partial charge in [-0.2, -0.15) is 0 Å². The Balaban J connectivity index is 1.75. The predicted octanol–water partition coefficient (Wildman–Crippen LogP) is 3.97. The van der Waals surface area contributed by atoms with Gasteiger partial charge in [-0.15, -0.1) is 0 Å². The smallest absolute Gasteiger partial charge is 0.344 e. The van der Waals surface area contributed by atoms with Crippen molar-refractivity contribution in [3.8, 4) is 5.75 Å². The van der Waals surface area contributed by atoms with Crippen molar-refractivity contribution in [2.75, 3.05) is 18.5 Å². The van der Waals surface area contributed by atoms with Crippen molar-refractivity contribution < 1.29 is 19.1 Å². The molecule has 0 saturated carbocycles. The van der Waals surface area contributed by atoms with Crippen LogP contribution in [-0.4, -0.2) is 25.1 Å². The Bertz CT molecular complexity index is 751. The zero-order valence-electron chi connectivity index (χ0n) is 12.8. The molecule has 0 aliphatic rings. The Morgan fingerprint density at radius 1 is 1.17 bits per heavy atom. The number of esters is 1. The summed E-state index contributed by atoms with van der Waals surface area (Å²) in [5.74, 6) is -0.608.